The number of amides is 1. The first-order valence-corrected chi connectivity index (χ1v) is 10.6. The molecule has 3 heterocycles. The highest BCUT2D eigenvalue weighted by Crippen LogP contribution is 2.30. The van der Waals surface area contributed by atoms with E-state index in [2.05, 4.69) is 30.8 Å². The standard InChI is InChI=1S/C21H21N7O3S/c1-4-31-20(30)16-11-28-18(23-16)10-19(25-21(28)24-17-9-12(2)26-27-17)32-15-7-5-14(6-8-15)22-13(3)29/h5-11H,4H2,1-3H3,(H,22,29)(H2,24,25,26,27). The van der Waals surface area contributed by atoms with Gasteiger partial charge in [0.1, 0.15) is 10.7 Å². The molecule has 0 saturated heterocycles. The fourth-order valence-corrected chi connectivity index (χ4v) is 3.75. The molecule has 1 aromatic carbocycles. The third kappa shape index (κ3) is 4.89. The lowest BCUT2D eigenvalue weighted by Gasteiger charge is -2.09. The summed E-state index contributed by atoms with van der Waals surface area (Å²) in [7, 11) is 0. The summed E-state index contributed by atoms with van der Waals surface area (Å²) in [6.45, 7) is 5.37. The third-order valence-corrected chi connectivity index (χ3v) is 5.18. The molecule has 0 saturated carbocycles. The van der Waals surface area contributed by atoms with Crippen LogP contribution in [0.3, 0.4) is 0 Å². The van der Waals surface area contributed by atoms with Crippen LogP contribution in [-0.2, 0) is 9.53 Å². The number of anilines is 3. The highest BCUT2D eigenvalue weighted by Gasteiger charge is 2.16. The highest BCUT2D eigenvalue weighted by atomic mass is 32.2. The number of hydrogen-bond acceptors (Lipinski definition) is 8. The molecule has 11 heteroatoms. The summed E-state index contributed by atoms with van der Waals surface area (Å²) in [6, 6.07) is 11.1. The number of aryl methyl sites for hydroxylation is 1. The number of benzene rings is 1. The molecule has 4 aromatic rings. The lowest BCUT2D eigenvalue weighted by molar-refractivity contribution is -0.114. The van der Waals surface area contributed by atoms with E-state index in [1.54, 1.807) is 23.6 Å². The second kappa shape index (κ2) is 9.10. The number of imidazole rings is 1. The van der Waals surface area contributed by atoms with Gasteiger partial charge in [0.2, 0.25) is 11.9 Å². The molecule has 1 amide bonds. The van der Waals surface area contributed by atoms with Crippen LogP contribution in [-0.4, -0.2) is 43.0 Å². The van der Waals surface area contributed by atoms with Crippen molar-refractivity contribution in [2.75, 3.05) is 17.2 Å². The quantitative estimate of drug-likeness (QED) is 0.286. The van der Waals surface area contributed by atoms with Crippen molar-refractivity contribution in [2.24, 2.45) is 0 Å². The molecule has 0 aliphatic rings. The number of H-pyrrole nitrogens is 1. The Labute approximate surface area is 187 Å². The van der Waals surface area contributed by atoms with Gasteiger partial charge in [-0.3, -0.25) is 14.3 Å². The summed E-state index contributed by atoms with van der Waals surface area (Å²) in [5.41, 5.74) is 2.34. The van der Waals surface area contributed by atoms with Gasteiger partial charge in [0.05, 0.1) is 6.61 Å². The molecule has 3 aromatic heterocycles. The number of nitrogens with one attached hydrogen (secondary N) is 3. The van der Waals surface area contributed by atoms with Gasteiger partial charge in [-0.05, 0) is 38.1 Å². The summed E-state index contributed by atoms with van der Waals surface area (Å²) in [5.74, 6) is 0.415. The van der Waals surface area contributed by atoms with Gasteiger partial charge in [-0.15, -0.1) is 0 Å². The maximum Gasteiger partial charge on any atom is 0.358 e. The SMILES string of the molecule is CCOC(=O)c1cn2c(Nc3cc(C)[nH]n3)nc(Sc3ccc(NC(C)=O)cc3)cc2n1. The lowest BCUT2D eigenvalue weighted by Crippen LogP contribution is -2.05. The molecule has 10 nitrogen and oxygen atoms in total. The number of hydrogen-bond donors (Lipinski definition) is 3. The molecule has 0 bridgehead atoms. The zero-order valence-electron chi connectivity index (χ0n) is 17.7. The van der Waals surface area contributed by atoms with Crippen LogP contribution in [0.15, 0.2) is 52.5 Å². The lowest BCUT2D eigenvalue weighted by atomic mass is 10.3. The number of carbonyl (C=O) groups is 2. The molecule has 3 N–H and O–H groups in total. The minimum absolute atomic E-state index is 0.126. The normalized spacial score (nSPS) is 10.8. The van der Waals surface area contributed by atoms with Gasteiger partial charge in [0.15, 0.2) is 11.5 Å². The number of ether oxygens (including phenoxy) is 1. The van der Waals surface area contributed by atoms with Crippen LogP contribution in [0.5, 0.6) is 0 Å². The maximum atomic E-state index is 12.2. The van der Waals surface area contributed by atoms with Crippen molar-refractivity contribution < 1.29 is 14.3 Å². The first kappa shape index (κ1) is 21.4. The Morgan fingerprint density at radius 1 is 1.19 bits per heavy atom. The Balaban J connectivity index is 1.68. The molecule has 0 atom stereocenters. The molecule has 0 unspecified atom stereocenters. The smallest absolute Gasteiger partial charge is 0.358 e. The number of aromatic nitrogens is 5. The van der Waals surface area contributed by atoms with E-state index >= 15 is 0 Å². The van der Waals surface area contributed by atoms with E-state index in [4.69, 9.17) is 4.74 Å². The maximum absolute atomic E-state index is 12.2. The molecule has 0 aliphatic heterocycles. The van der Waals surface area contributed by atoms with Crippen LogP contribution in [0.25, 0.3) is 5.65 Å². The van der Waals surface area contributed by atoms with Crippen LogP contribution >= 0.6 is 11.8 Å². The summed E-state index contributed by atoms with van der Waals surface area (Å²) >= 11 is 1.43. The van der Waals surface area contributed by atoms with Gasteiger partial charge in [0, 0.05) is 41.5 Å². The molecular weight excluding hydrogens is 430 g/mol. The third-order valence-electron chi connectivity index (χ3n) is 4.26. The van der Waals surface area contributed by atoms with Gasteiger partial charge >= 0.3 is 5.97 Å². The van der Waals surface area contributed by atoms with E-state index < -0.39 is 5.97 Å². The average Bonchev–Trinajstić information content (AvgIpc) is 3.35. The van der Waals surface area contributed by atoms with Crippen molar-refractivity contribution >= 4 is 46.7 Å². The van der Waals surface area contributed by atoms with Crippen molar-refractivity contribution in [1.29, 1.82) is 0 Å². The predicted molar refractivity (Wildman–Crippen MR) is 120 cm³/mol. The second-order valence-electron chi connectivity index (χ2n) is 6.86. The molecular formula is C21H21N7O3S. The van der Waals surface area contributed by atoms with E-state index in [9.17, 15) is 9.59 Å². The van der Waals surface area contributed by atoms with Gasteiger partial charge in [-0.1, -0.05) is 11.8 Å². The van der Waals surface area contributed by atoms with Crippen molar-refractivity contribution in [3.8, 4) is 0 Å². The van der Waals surface area contributed by atoms with Crippen LogP contribution in [0.1, 0.15) is 30.0 Å². The number of rotatable bonds is 7. The summed E-state index contributed by atoms with van der Waals surface area (Å²) in [4.78, 5) is 33.4. The molecule has 0 aliphatic carbocycles. The monoisotopic (exact) mass is 451 g/mol. The Morgan fingerprint density at radius 3 is 2.62 bits per heavy atom. The van der Waals surface area contributed by atoms with Crippen LogP contribution < -0.4 is 10.6 Å². The van der Waals surface area contributed by atoms with Gasteiger partial charge < -0.3 is 15.4 Å². The predicted octanol–water partition coefficient (Wildman–Crippen LogP) is 3.79. The van der Waals surface area contributed by atoms with Crippen molar-refractivity contribution in [3.05, 3.63) is 54.0 Å². The number of fused-ring (bicyclic) bond motifs is 1. The average molecular weight is 452 g/mol. The van der Waals surface area contributed by atoms with Gasteiger partial charge in [0.25, 0.3) is 0 Å². The zero-order chi connectivity index (χ0) is 22.7. The Kier molecular flexibility index (Phi) is 6.08. The minimum Gasteiger partial charge on any atom is -0.461 e. The minimum atomic E-state index is -0.500. The zero-order valence-corrected chi connectivity index (χ0v) is 18.5. The molecule has 32 heavy (non-hydrogen) atoms. The van der Waals surface area contributed by atoms with Gasteiger partial charge in [-0.2, -0.15) is 5.10 Å². The molecule has 0 spiro atoms. The Morgan fingerprint density at radius 2 is 1.97 bits per heavy atom. The second-order valence-corrected chi connectivity index (χ2v) is 7.96. The summed E-state index contributed by atoms with van der Waals surface area (Å²) < 4.78 is 6.76. The molecule has 0 fully saturated rings. The van der Waals surface area contributed by atoms with E-state index in [0.29, 0.717) is 28.1 Å². The van der Waals surface area contributed by atoms with Crippen LogP contribution in [0.4, 0.5) is 17.5 Å². The Hall–Kier alpha value is -3.86. The van der Waals surface area contributed by atoms with Crippen LogP contribution in [0, 0.1) is 6.92 Å². The fraction of sp³-hybridized carbons (Fsp3) is 0.190. The number of esters is 1. The molecule has 4 rings (SSSR count). The largest absolute Gasteiger partial charge is 0.461 e. The summed E-state index contributed by atoms with van der Waals surface area (Å²) in [5, 5.41) is 13.6. The van der Waals surface area contributed by atoms with E-state index in [-0.39, 0.29) is 18.2 Å². The van der Waals surface area contributed by atoms with Crippen molar-refractivity contribution in [2.45, 2.75) is 30.7 Å². The van der Waals surface area contributed by atoms with Crippen LogP contribution in [0.2, 0.25) is 0 Å². The first-order chi connectivity index (χ1) is 15.4. The van der Waals surface area contributed by atoms with Crippen molar-refractivity contribution in [3.63, 3.8) is 0 Å². The molecule has 0 radical (unpaired) electrons. The Bertz CT molecular complexity index is 1280. The van der Waals surface area contributed by atoms with Gasteiger partial charge in [-0.25, -0.2) is 14.8 Å². The fourth-order valence-electron chi connectivity index (χ4n) is 2.94. The number of carbonyl (C=O) groups excluding carboxylic acids is 2. The van der Waals surface area contributed by atoms with E-state index in [1.165, 1.54) is 18.7 Å². The highest BCUT2D eigenvalue weighted by molar-refractivity contribution is 7.99. The summed E-state index contributed by atoms with van der Waals surface area (Å²) in [6.07, 6.45) is 1.58. The number of aromatic amines is 1. The number of nitrogens with zero attached hydrogens (tertiary/aromatic N) is 4. The first-order valence-electron chi connectivity index (χ1n) is 9.83. The van der Waals surface area contributed by atoms with Crippen molar-refractivity contribution in [1.82, 2.24) is 24.6 Å². The van der Waals surface area contributed by atoms with E-state index in [0.717, 1.165) is 10.6 Å². The molecule has 164 valence electrons. The van der Waals surface area contributed by atoms with E-state index in [1.807, 2.05) is 37.3 Å². The topological polar surface area (TPSA) is 126 Å².